The quantitative estimate of drug-likeness (QED) is 0.0993. The first kappa shape index (κ1) is 45.9. The van der Waals surface area contributed by atoms with E-state index in [9.17, 15) is 45.1 Å². The van der Waals surface area contributed by atoms with Gasteiger partial charge in [-0.3, -0.25) is 14.6 Å². The van der Waals surface area contributed by atoms with Crippen LogP contribution in [0.1, 0.15) is 86.3 Å². The number of aliphatic hydroxyl groups excluding tert-OH is 1. The summed E-state index contributed by atoms with van der Waals surface area (Å²) in [5, 5.41) is 26.7. The van der Waals surface area contributed by atoms with Crippen molar-refractivity contribution in [2.75, 3.05) is 12.3 Å². The number of sulfone groups is 1. The Kier molecular flexibility index (Phi) is 16.9. The third-order valence-corrected chi connectivity index (χ3v) is 11.7. The molecular weight excluding hydrogens is 764 g/mol. The van der Waals surface area contributed by atoms with E-state index in [0.717, 1.165) is 43.0 Å². The SMILES string of the molecule is CCCC(CCC)S(=O)(=O)C[C@@H](NC(=O)c1cccnc1)C(=O)N[C@@H](Cc1cc(F)cc(F)c1)[C@H](O)CNC1(c2cccc(CC)c2)CC1.O=C(O)C(F)(F)F. The van der Waals surface area contributed by atoms with Gasteiger partial charge in [-0.15, -0.1) is 0 Å². The number of carbonyl (C=O) groups is 3. The zero-order valence-corrected chi connectivity index (χ0v) is 32.2. The van der Waals surface area contributed by atoms with E-state index >= 15 is 0 Å². The van der Waals surface area contributed by atoms with Gasteiger partial charge < -0.3 is 26.2 Å². The number of pyridine rings is 1. The maximum Gasteiger partial charge on any atom is 0.490 e. The second kappa shape index (κ2) is 20.6. The number of aromatic nitrogens is 1. The Morgan fingerprint density at radius 3 is 2.05 bits per heavy atom. The molecule has 3 aromatic rings. The van der Waals surface area contributed by atoms with Gasteiger partial charge in [-0.1, -0.05) is 57.9 Å². The molecule has 4 rings (SSSR count). The molecule has 0 aliphatic heterocycles. The third kappa shape index (κ3) is 13.9. The minimum Gasteiger partial charge on any atom is -0.475 e. The van der Waals surface area contributed by atoms with E-state index in [1.54, 1.807) is 6.07 Å². The van der Waals surface area contributed by atoms with E-state index < -0.39 is 74.6 Å². The van der Waals surface area contributed by atoms with E-state index in [1.165, 1.54) is 24.0 Å². The predicted octanol–water partition coefficient (Wildman–Crippen LogP) is 5.40. The number of carboxylic acid groups (broad SMARTS) is 1. The van der Waals surface area contributed by atoms with Crippen LogP contribution < -0.4 is 16.0 Å². The van der Waals surface area contributed by atoms with Crippen molar-refractivity contribution in [2.45, 2.75) is 107 Å². The Morgan fingerprint density at radius 1 is 0.911 bits per heavy atom. The summed E-state index contributed by atoms with van der Waals surface area (Å²) < 4.78 is 87.4. The molecule has 308 valence electrons. The lowest BCUT2D eigenvalue weighted by atomic mass is 9.98. The fourth-order valence-corrected chi connectivity index (χ4v) is 8.37. The second-order valence-electron chi connectivity index (χ2n) is 13.8. The normalized spacial score (nSPS) is 15.2. The second-order valence-corrected chi connectivity index (χ2v) is 16.1. The number of alkyl halides is 3. The molecule has 1 fully saturated rings. The zero-order chi connectivity index (χ0) is 41.7. The summed E-state index contributed by atoms with van der Waals surface area (Å²) >= 11 is 0. The highest BCUT2D eigenvalue weighted by Crippen LogP contribution is 2.45. The maximum atomic E-state index is 14.2. The largest absolute Gasteiger partial charge is 0.490 e. The number of benzene rings is 2. The number of aryl methyl sites for hydroxylation is 1. The number of aliphatic hydroxyl groups is 1. The van der Waals surface area contributed by atoms with Crippen LogP contribution in [0, 0.1) is 11.6 Å². The summed E-state index contributed by atoms with van der Waals surface area (Å²) in [5.41, 5.74) is 2.23. The Bertz CT molecular complexity index is 1850. The highest BCUT2D eigenvalue weighted by atomic mass is 32.2. The van der Waals surface area contributed by atoms with Crippen molar-refractivity contribution < 1.29 is 55.0 Å². The average molecular weight is 813 g/mol. The molecule has 1 heterocycles. The van der Waals surface area contributed by atoms with Crippen LogP contribution in [0.5, 0.6) is 0 Å². The molecule has 11 nitrogen and oxygen atoms in total. The average Bonchev–Trinajstić information content (AvgIpc) is 3.94. The molecule has 56 heavy (non-hydrogen) atoms. The first-order valence-electron chi connectivity index (χ1n) is 18.3. The minimum atomic E-state index is -5.08. The van der Waals surface area contributed by atoms with E-state index in [0.29, 0.717) is 25.7 Å². The smallest absolute Gasteiger partial charge is 0.475 e. The monoisotopic (exact) mass is 812 g/mol. The standard InChI is InChI=1S/C37H48F2N4O5S.C2HF3O2/c1-4-9-31(10-5-2)49(47,48)24-33(43-35(45)27-12-8-16-40-22-27)36(46)42-32(20-26-18-29(38)21-30(39)19-26)34(44)23-41-37(14-15-37)28-13-7-11-25(6-3)17-28;3-2(4,5)1(6)7/h7-8,11-13,16-19,21-22,31-34,41,44H,4-6,9-10,14-15,20,23-24H2,1-3H3,(H,42,46)(H,43,45);(H,6,7)/t32-,33+,34+;/m0./s1. The molecule has 1 saturated carbocycles. The van der Waals surface area contributed by atoms with E-state index in [-0.39, 0.29) is 29.6 Å². The summed E-state index contributed by atoms with van der Waals surface area (Å²) in [5.74, 6) is -6.58. The summed E-state index contributed by atoms with van der Waals surface area (Å²) in [4.78, 5) is 40.0. The molecule has 0 unspecified atom stereocenters. The van der Waals surface area contributed by atoms with Gasteiger partial charge in [-0.05, 0) is 79.5 Å². The number of carbonyl (C=O) groups excluding carboxylic acids is 2. The van der Waals surface area contributed by atoms with Gasteiger partial charge >= 0.3 is 12.1 Å². The summed E-state index contributed by atoms with van der Waals surface area (Å²) in [6, 6.07) is 11.6. The lowest BCUT2D eigenvalue weighted by molar-refractivity contribution is -0.192. The minimum absolute atomic E-state index is 0.0270. The molecule has 17 heteroatoms. The summed E-state index contributed by atoms with van der Waals surface area (Å²) in [6.07, 6.45) is 0.903. The van der Waals surface area contributed by atoms with Crippen LogP contribution in [0.15, 0.2) is 67.0 Å². The predicted molar refractivity (Wildman–Crippen MR) is 199 cm³/mol. The molecule has 2 amide bonds. The lowest BCUT2D eigenvalue weighted by Gasteiger charge is -2.29. The van der Waals surface area contributed by atoms with Crippen molar-refractivity contribution in [1.82, 2.24) is 20.9 Å². The molecular formula is C39H49F5N4O7S. The van der Waals surface area contributed by atoms with Crippen LogP contribution in [-0.4, -0.2) is 83.3 Å². The number of halogens is 5. The van der Waals surface area contributed by atoms with Gasteiger partial charge in [0.15, 0.2) is 9.84 Å². The van der Waals surface area contributed by atoms with Crippen LogP contribution in [0.3, 0.4) is 0 Å². The molecule has 1 aliphatic rings. The van der Waals surface area contributed by atoms with Gasteiger partial charge in [-0.25, -0.2) is 22.0 Å². The molecule has 1 aromatic heterocycles. The molecule has 0 saturated heterocycles. The molecule has 5 N–H and O–H groups in total. The topological polar surface area (TPSA) is 175 Å². The fourth-order valence-electron chi connectivity index (χ4n) is 6.21. The zero-order valence-electron chi connectivity index (χ0n) is 31.4. The summed E-state index contributed by atoms with van der Waals surface area (Å²) in [6.45, 7) is 5.87. The Morgan fingerprint density at radius 2 is 1.54 bits per heavy atom. The van der Waals surface area contributed by atoms with Crippen LogP contribution in [0.2, 0.25) is 0 Å². The number of amides is 2. The molecule has 0 bridgehead atoms. The molecule has 3 atom stereocenters. The molecule has 0 radical (unpaired) electrons. The van der Waals surface area contributed by atoms with Gasteiger partial charge in [0.25, 0.3) is 5.91 Å². The number of hydrogen-bond acceptors (Lipinski definition) is 8. The van der Waals surface area contributed by atoms with Gasteiger partial charge in [-0.2, -0.15) is 13.2 Å². The third-order valence-electron chi connectivity index (χ3n) is 9.37. The first-order valence-corrected chi connectivity index (χ1v) is 20.1. The molecule has 1 aliphatic carbocycles. The summed E-state index contributed by atoms with van der Waals surface area (Å²) in [7, 11) is -3.87. The van der Waals surface area contributed by atoms with Crippen molar-refractivity contribution in [3.05, 3.63) is 101 Å². The Hall–Kier alpha value is -4.48. The first-order chi connectivity index (χ1) is 26.3. The number of carboxylic acids is 1. The van der Waals surface area contributed by atoms with Crippen LogP contribution >= 0.6 is 0 Å². The van der Waals surface area contributed by atoms with Crippen molar-refractivity contribution in [2.24, 2.45) is 0 Å². The molecule has 0 spiro atoms. The van der Waals surface area contributed by atoms with Crippen LogP contribution in [0.4, 0.5) is 22.0 Å². The number of rotatable bonds is 19. The Balaban J connectivity index is 0.00000109. The van der Waals surface area contributed by atoms with Gasteiger partial charge in [0.2, 0.25) is 5.91 Å². The van der Waals surface area contributed by atoms with Crippen LogP contribution in [-0.2, 0) is 37.8 Å². The lowest BCUT2D eigenvalue weighted by Crippen LogP contribution is -2.57. The number of hydrogen-bond donors (Lipinski definition) is 5. The van der Waals surface area contributed by atoms with Gasteiger partial charge in [0.05, 0.1) is 28.7 Å². The van der Waals surface area contributed by atoms with E-state index in [1.807, 2.05) is 26.0 Å². The van der Waals surface area contributed by atoms with E-state index in [4.69, 9.17) is 9.90 Å². The van der Waals surface area contributed by atoms with Gasteiger partial charge in [0, 0.05) is 30.5 Å². The highest BCUT2D eigenvalue weighted by molar-refractivity contribution is 7.92. The van der Waals surface area contributed by atoms with Crippen molar-refractivity contribution in [3.63, 3.8) is 0 Å². The van der Waals surface area contributed by atoms with Gasteiger partial charge in [0.1, 0.15) is 17.7 Å². The maximum absolute atomic E-state index is 14.2. The van der Waals surface area contributed by atoms with Crippen molar-refractivity contribution in [1.29, 1.82) is 0 Å². The fraction of sp³-hybridized carbons (Fsp3) is 0.487. The van der Waals surface area contributed by atoms with Crippen molar-refractivity contribution >= 4 is 27.6 Å². The van der Waals surface area contributed by atoms with Crippen molar-refractivity contribution in [3.8, 4) is 0 Å². The highest BCUT2D eigenvalue weighted by Gasteiger charge is 2.45. The van der Waals surface area contributed by atoms with E-state index in [2.05, 4.69) is 40.0 Å². The number of nitrogens with zero attached hydrogens (tertiary/aromatic N) is 1. The number of aliphatic carboxylic acids is 1. The Labute approximate surface area is 323 Å². The van der Waals surface area contributed by atoms with Crippen LogP contribution in [0.25, 0.3) is 0 Å². The number of nitrogens with one attached hydrogen (secondary N) is 3. The molecule has 2 aromatic carbocycles.